The van der Waals surface area contributed by atoms with Crippen LogP contribution < -0.4 is 0 Å². The minimum absolute atomic E-state index is 0. The van der Waals surface area contributed by atoms with Gasteiger partial charge in [-0.3, -0.25) is 0 Å². The standard InChI is InChI=1S/C16H34S.K.H/c1-2-3-4-5-6-7-8-9-10-11-12-13-14-15-16-17;;/h17H,2-16H2,1H3;;. The molecule has 106 valence electrons. The number of unbranched alkanes of at least 4 members (excludes halogenated alkanes) is 13. The van der Waals surface area contributed by atoms with Gasteiger partial charge in [-0.25, -0.2) is 0 Å². The maximum absolute atomic E-state index is 4.23. The SMILES string of the molecule is CCCCCCCCCCCCCCCCS.[KH]. The van der Waals surface area contributed by atoms with Gasteiger partial charge in [0, 0.05) is 0 Å². The van der Waals surface area contributed by atoms with Gasteiger partial charge in [0.25, 0.3) is 0 Å². The first-order chi connectivity index (χ1) is 8.41. The van der Waals surface area contributed by atoms with Gasteiger partial charge in [-0.1, -0.05) is 90.4 Å². The van der Waals surface area contributed by atoms with Crippen molar-refractivity contribution in [2.75, 3.05) is 5.75 Å². The van der Waals surface area contributed by atoms with Crippen molar-refractivity contribution in [3.63, 3.8) is 0 Å². The second-order valence-corrected chi connectivity index (χ2v) is 5.77. The second kappa shape index (κ2) is 21.3. The summed E-state index contributed by atoms with van der Waals surface area (Å²) in [4.78, 5) is 0. The molecule has 0 aromatic rings. The summed E-state index contributed by atoms with van der Waals surface area (Å²) in [6, 6.07) is 0. The third kappa shape index (κ3) is 20.3. The number of rotatable bonds is 14. The van der Waals surface area contributed by atoms with Crippen LogP contribution >= 0.6 is 12.6 Å². The van der Waals surface area contributed by atoms with E-state index < -0.39 is 0 Å². The minimum atomic E-state index is 0. The molecule has 2 heteroatoms. The van der Waals surface area contributed by atoms with Crippen molar-refractivity contribution in [3.05, 3.63) is 0 Å². The molecule has 0 atom stereocenters. The average Bonchev–Trinajstić information content (AvgIpc) is 2.35. The monoisotopic (exact) mass is 298 g/mol. The molecular weight excluding hydrogens is 263 g/mol. The summed E-state index contributed by atoms with van der Waals surface area (Å²) in [5.74, 6) is 1.07. The van der Waals surface area contributed by atoms with Gasteiger partial charge in [0.05, 0.1) is 0 Å². The van der Waals surface area contributed by atoms with Crippen LogP contribution in [0.15, 0.2) is 0 Å². The summed E-state index contributed by atoms with van der Waals surface area (Å²) < 4.78 is 0. The zero-order valence-electron chi connectivity index (χ0n) is 12.1. The van der Waals surface area contributed by atoms with Crippen molar-refractivity contribution in [2.24, 2.45) is 0 Å². The van der Waals surface area contributed by atoms with Crippen LogP contribution in [0.5, 0.6) is 0 Å². The average molecular weight is 299 g/mol. The molecule has 0 aromatic heterocycles. The summed E-state index contributed by atoms with van der Waals surface area (Å²) in [6.07, 6.45) is 20.1. The Bertz CT molecular complexity index is 114. The first kappa shape index (κ1) is 22.3. The number of hydrogen-bond acceptors (Lipinski definition) is 1. The van der Waals surface area contributed by atoms with Gasteiger partial charge in [-0.15, -0.1) is 0 Å². The molecule has 18 heavy (non-hydrogen) atoms. The third-order valence-electron chi connectivity index (χ3n) is 3.51. The van der Waals surface area contributed by atoms with E-state index in [9.17, 15) is 0 Å². The predicted octanol–water partition coefficient (Wildman–Crippen LogP) is 5.75. The molecule has 0 aliphatic carbocycles. The van der Waals surface area contributed by atoms with Gasteiger partial charge in [0.2, 0.25) is 0 Å². The molecule has 0 radical (unpaired) electrons. The molecular formula is C16H35KS. The fraction of sp³-hybridized carbons (Fsp3) is 1.00. The van der Waals surface area contributed by atoms with Crippen LogP contribution in [0.4, 0.5) is 0 Å². The molecule has 0 saturated carbocycles. The molecule has 0 heterocycles. The fourth-order valence-electron chi connectivity index (χ4n) is 2.31. The topological polar surface area (TPSA) is 0 Å². The molecule has 0 aliphatic heterocycles. The third-order valence-corrected chi connectivity index (χ3v) is 3.83. The molecule has 0 N–H and O–H groups in total. The molecule has 0 nitrogen and oxygen atoms in total. The molecule has 0 saturated heterocycles. The quantitative estimate of drug-likeness (QED) is 0.236. The van der Waals surface area contributed by atoms with Crippen LogP contribution in [-0.2, 0) is 0 Å². The summed E-state index contributed by atoms with van der Waals surface area (Å²) in [5.41, 5.74) is 0. The van der Waals surface area contributed by atoms with Crippen molar-refractivity contribution < 1.29 is 0 Å². The van der Waals surface area contributed by atoms with Crippen molar-refractivity contribution >= 4 is 64.0 Å². The Morgan fingerprint density at radius 1 is 0.500 bits per heavy atom. The van der Waals surface area contributed by atoms with Crippen LogP contribution in [0.3, 0.4) is 0 Å². The molecule has 0 amide bonds. The maximum atomic E-state index is 4.23. The van der Waals surface area contributed by atoms with Crippen LogP contribution in [0.25, 0.3) is 0 Å². The van der Waals surface area contributed by atoms with Crippen molar-refractivity contribution in [3.8, 4) is 0 Å². The van der Waals surface area contributed by atoms with Crippen LogP contribution in [-0.4, -0.2) is 57.1 Å². The Kier molecular flexibility index (Phi) is 26.3. The summed E-state index contributed by atoms with van der Waals surface area (Å²) in [6.45, 7) is 2.29. The summed E-state index contributed by atoms with van der Waals surface area (Å²) >= 11 is 4.23. The zero-order valence-corrected chi connectivity index (χ0v) is 12.9. The molecule has 0 bridgehead atoms. The first-order valence-electron chi connectivity index (χ1n) is 8.02. The van der Waals surface area contributed by atoms with E-state index in [0.717, 1.165) is 5.75 Å². The van der Waals surface area contributed by atoms with E-state index in [1.54, 1.807) is 0 Å². The van der Waals surface area contributed by atoms with Gasteiger partial charge >= 0.3 is 51.4 Å². The van der Waals surface area contributed by atoms with Gasteiger partial charge in [-0.2, -0.15) is 12.6 Å². The van der Waals surface area contributed by atoms with E-state index in [0.29, 0.717) is 0 Å². The van der Waals surface area contributed by atoms with Gasteiger partial charge < -0.3 is 0 Å². The van der Waals surface area contributed by atoms with E-state index in [-0.39, 0.29) is 51.4 Å². The Morgan fingerprint density at radius 3 is 1.06 bits per heavy atom. The van der Waals surface area contributed by atoms with E-state index in [2.05, 4.69) is 19.6 Å². The summed E-state index contributed by atoms with van der Waals surface area (Å²) in [7, 11) is 0. The van der Waals surface area contributed by atoms with Crippen LogP contribution in [0, 0.1) is 0 Å². The van der Waals surface area contributed by atoms with Gasteiger partial charge in [-0.05, 0) is 12.2 Å². The molecule has 0 aliphatic rings. The Labute approximate surface area is 164 Å². The Hall–Kier alpha value is 1.99. The van der Waals surface area contributed by atoms with Gasteiger partial charge in [0.1, 0.15) is 0 Å². The van der Waals surface area contributed by atoms with E-state index in [1.807, 2.05) is 0 Å². The Morgan fingerprint density at radius 2 is 0.778 bits per heavy atom. The van der Waals surface area contributed by atoms with E-state index in [1.165, 1.54) is 89.9 Å². The summed E-state index contributed by atoms with van der Waals surface area (Å²) in [5, 5.41) is 0. The number of thiol groups is 1. The molecule has 0 spiro atoms. The van der Waals surface area contributed by atoms with Crippen LogP contribution in [0.1, 0.15) is 96.8 Å². The van der Waals surface area contributed by atoms with Crippen molar-refractivity contribution in [1.82, 2.24) is 0 Å². The Balaban J connectivity index is 0. The predicted molar refractivity (Wildman–Crippen MR) is 91.3 cm³/mol. The molecule has 0 rings (SSSR count). The molecule has 0 aromatic carbocycles. The van der Waals surface area contributed by atoms with Crippen molar-refractivity contribution in [2.45, 2.75) is 96.8 Å². The second-order valence-electron chi connectivity index (χ2n) is 5.32. The molecule has 0 unspecified atom stereocenters. The van der Waals surface area contributed by atoms with Crippen LogP contribution in [0.2, 0.25) is 0 Å². The van der Waals surface area contributed by atoms with E-state index >= 15 is 0 Å². The fourth-order valence-corrected chi connectivity index (χ4v) is 2.53. The first-order valence-corrected chi connectivity index (χ1v) is 8.66. The molecule has 0 fully saturated rings. The normalized spacial score (nSPS) is 10.3. The van der Waals surface area contributed by atoms with Gasteiger partial charge in [0.15, 0.2) is 0 Å². The van der Waals surface area contributed by atoms with Crippen molar-refractivity contribution in [1.29, 1.82) is 0 Å². The number of hydrogen-bond donors (Lipinski definition) is 1. The van der Waals surface area contributed by atoms with E-state index in [4.69, 9.17) is 0 Å². The zero-order chi connectivity index (χ0) is 12.6.